The van der Waals surface area contributed by atoms with Gasteiger partial charge in [0, 0.05) is 0 Å². The molecule has 13 heteroatoms. The second-order valence-corrected chi connectivity index (χ2v) is 14.7. The SMILES string of the molecule is CCCCCCCCCCCCCCCCSCCCOP(=O)(O)OC[C@H]1O[C@@](C)(c2ccc3c(N)ncnn23)[C@H](O)[C@@H]1O. The van der Waals surface area contributed by atoms with Gasteiger partial charge in [0.1, 0.15) is 35.8 Å². The van der Waals surface area contributed by atoms with Gasteiger partial charge >= 0.3 is 7.82 Å². The van der Waals surface area contributed by atoms with E-state index >= 15 is 0 Å². The third-order valence-corrected chi connectivity index (χ3v) is 10.5. The molecule has 5 N–H and O–H groups in total. The van der Waals surface area contributed by atoms with Gasteiger partial charge in [-0.2, -0.15) is 16.9 Å². The molecule has 11 nitrogen and oxygen atoms in total. The van der Waals surface area contributed by atoms with Crippen LogP contribution in [0.4, 0.5) is 5.82 Å². The Balaban J connectivity index is 1.20. The Hall–Kier alpha value is -1.24. The monoisotopic (exact) mass is 658 g/mol. The number of anilines is 1. The number of hydrogen-bond donors (Lipinski definition) is 4. The second-order valence-electron chi connectivity index (χ2n) is 12.0. The molecule has 0 radical (unpaired) electrons. The first-order chi connectivity index (χ1) is 21.2. The van der Waals surface area contributed by atoms with Crippen LogP contribution >= 0.6 is 19.6 Å². The molecule has 0 spiro atoms. The van der Waals surface area contributed by atoms with E-state index in [4.69, 9.17) is 19.5 Å². The molecule has 3 rings (SSSR count). The van der Waals surface area contributed by atoms with Crippen LogP contribution in [0.25, 0.3) is 5.52 Å². The number of phosphoric ester groups is 1. The highest BCUT2D eigenvalue weighted by Gasteiger charge is 2.54. The number of nitrogens with two attached hydrogens (primary N) is 1. The van der Waals surface area contributed by atoms with Gasteiger partial charge in [-0.1, -0.05) is 90.4 Å². The Labute approximate surface area is 267 Å². The van der Waals surface area contributed by atoms with Crippen molar-refractivity contribution >= 4 is 30.9 Å². The minimum atomic E-state index is -4.36. The Morgan fingerprint density at radius 3 is 2.18 bits per heavy atom. The number of phosphoric acid groups is 1. The third-order valence-electron chi connectivity index (χ3n) is 8.39. The van der Waals surface area contributed by atoms with E-state index in [1.807, 2.05) is 11.8 Å². The van der Waals surface area contributed by atoms with Crippen molar-refractivity contribution in [2.75, 3.05) is 30.5 Å². The molecule has 1 fully saturated rings. The van der Waals surface area contributed by atoms with E-state index in [0.29, 0.717) is 17.6 Å². The van der Waals surface area contributed by atoms with Crippen LogP contribution in [0.5, 0.6) is 0 Å². The first-order valence-electron chi connectivity index (χ1n) is 16.5. The van der Waals surface area contributed by atoms with Crippen LogP contribution in [0.1, 0.15) is 116 Å². The number of nitrogens with zero attached hydrogens (tertiary/aromatic N) is 3. The summed E-state index contributed by atoms with van der Waals surface area (Å²) in [5.41, 5.74) is 5.51. The van der Waals surface area contributed by atoms with Crippen molar-refractivity contribution in [1.82, 2.24) is 14.6 Å². The maximum absolute atomic E-state index is 12.4. The van der Waals surface area contributed by atoms with Gasteiger partial charge in [-0.3, -0.25) is 9.05 Å². The van der Waals surface area contributed by atoms with Crippen LogP contribution in [0.2, 0.25) is 0 Å². The normalized spacial score (nSPS) is 23.4. The molecule has 3 heterocycles. The van der Waals surface area contributed by atoms with Crippen molar-refractivity contribution in [3.63, 3.8) is 0 Å². The molecular weight excluding hydrogens is 603 g/mol. The minimum absolute atomic E-state index is 0.0885. The Bertz CT molecular complexity index is 1140. The van der Waals surface area contributed by atoms with Crippen molar-refractivity contribution in [3.8, 4) is 0 Å². The maximum atomic E-state index is 12.4. The summed E-state index contributed by atoms with van der Waals surface area (Å²) in [5, 5.41) is 25.6. The number of unbranched alkanes of at least 4 members (excludes halogenated alkanes) is 13. The number of aliphatic hydroxyl groups is 2. The second kappa shape index (κ2) is 19.4. The lowest BCUT2D eigenvalue weighted by molar-refractivity contribution is -0.0888. The molecule has 0 aliphatic carbocycles. The van der Waals surface area contributed by atoms with E-state index < -0.39 is 38.3 Å². The summed E-state index contributed by atoms with van der Waals surface area (Å²) >= 11 is 1.83. The summed E-state index contributed by atoms with van der Waals surface area (Å²) in [5.74, 6) is 2.18. The van der Waals surface area contributed by atoms with Gasteiger partial charge < -0.3 is 25.6 Å². The fourth-order valence-electron chi connectivity index (χ4n) is 5.70. The number of rotatable bonds is 24. The maximum Gasteiger partial charge on any atom is 0.472 e. The number of hydrogen-bond acceptors (Lipinski definition) is 10. The van der Waals surface area contributed by atoms with E-state index in [1.165, 1.54) is 101 Å². The van der Waals surface area contributed by atoms with Crippen LogP contribution in [-0.4, -0.2) is 72.7 Å². The molecule has 5 atom stereocenters. The Kier molecular flexibility index (Phi) is 16.4. The van der Waals surface area contributed by atoms with Gasteiger partial charge in [0.2, 0.25) is 0 Å². The van der Waals surface area contributed by atoms with E-state index in [-0.39, 0.29) is 12.4 Å². The highest BCUT2D eigenvalue weighted by Crippen LogP contribution is 2.46. The highest BCUT2D eigenvalue weighted by atomic mass is 32.2. The summed E-state index contributed by atoms with van der Waals surface area (Å²) in [6, 6.07) is 3.37. The average molecular weight is 659 g/mol. The van der Waals surface area contributed by atoms with Crippen LogP contribution in [-0.2, 0) is 24.0 Å². The summed E-state index contributed by atoms with van der Waals surface area (Å²) in [4.78, 5) is 14.1. The van der Waals surface area contributed by atoms with Gasteiger partial charge in [-0.25, -0.2) is 14.1 Å². The van der Waals surface area contributed by atoms with E-state index in [9.17, 15) is 19.7 Å². The first-order valence-corrected chi connectivity index (χ1v) is 19.2. The lowest BCUT2D eigenvalue weighted by Gasteiger charge is -2.27. The standard InChI is InChI=1S/C31H55N4O7PS/c1-3-4-5-6-7-8-9-10-11-12-13-14-15-16-21-44-22-17-20-40-43(38,39)41-23-26-28(36)29(37)31(2,42-26)27-19-18-25-30(32)33-24-34-35(25)27/h18-19,24,26,28-29,36-37H,3-17,20-23H2,1-2H3,(H,38,39)(H2,32,33,34)/t26-,28-,29-,31+/m1/s1. The summed E-state index contributed by atoms with van der Waals surface area (Å²) in [6.07, 6.45) is 17.0. The van der Waals surface area contributed by atoms with Crippen molar-refractivity contribution < 1.29 is 33.5 Å². The average Bonchev–Trinajstić information content (AvgIpc) is 3.54. The molecule has 2 aromatic rings. The molecule has 252 valence electrons. The number of ether oxygens (including phenoxy) is 1. The molecule has 44 heavy (non-hydrogen) atoms. The lowest BCUT2D eigenvalue weighted by Crippen LogP contribution is -2.39. The fourth-order valence-corrected chi connectivity index (χ4v) is 7.41. The number of aliphatic hydroxyl groups excluding tert-OH is 2. The van der Waals surface area contributed by atoms with Crippen molar-refractivity contribution in [2.45, 2.75) is 134 Å². The molecule has 0 saturated carbocycles. The van der Waals surface area contributed by atoms with Crippen LogP contribution in [0, 0.1) is 0 Å². The van der Waals surface area contributed by atoms with Crippen LogP contribution < -0.4 is 5.73 Å². The molecule has 1 unspecified atom stereocenters. The minimum Gasteiger partial charge on any atom is -0.387 e. The van der Waals surface area contributed by atoms with E-state index in [1.54, 1.807) is 19.1 Å². The first kappa shape index (κ1) is 37.2. The number of thioether (sulfide) groups is 1. The quantitative estimate of drug-likeness (QED) is 0.0731. The number of nitrogen functional groups attached to an aromatic ring is 1. The zero-order valence-corrected chi connectivity index (χ0v) is 28.4. The van der Waals surface area contributed by atoms with Gasteiger partial charge in [0.15, 0.2) is 5.82 Å². The molecule has 0 aromatic carbocycles. The summed E-state index contributed by atoms with van der Waals surface area (Å²) in [6.45, 7) is 3.52. The van der Waals surface area contributed by atoms with Gasteiger partial charge in [-0.15, -0.1) is 0 Å². The molecule has 0 amide bonds. The Morgan fingerprint density at radius 1 is 0.955 bits per heavy atom. The largest absolute Gasteiger partial charge is 0.472 e. The summed E-state index contributed by atoms with van der Waals surface area (Å²) < 4.78 is 30.1. The predicted molar refractivity (Wildman–Crippen MR) is 176 cm³/mol. The molecule has 1 aliphatic rings. The third kappa shape index (κ3) is 11.5. The van der Waals surface area contributed by atoms with E-state index in [0.717, 1.165) is 11.5 Å². The van der Waals surface area contributed by atoms with Crippen molar-refractivity contribution in [3.05, 3.63) is 24.2 Å². The smallest absolute Gasteiger partial charge is 0.387 e. The molecule has 0 bridgehead atoms. The topological polar surface area (TPSA) is 162 Å². The van der Waals surface area contributed by atoms with Crippen LogP contribution in [0.15, 0.2) is 18.5 Å². The number of aromatic nitrogens is 3. The molecular formula is C31H55N4O7PS. The number of fused-ring (bicyclic) bond motifs is 1. The van der Waals surface area contributed by atoms with Crippen molar-refractivity contribution in [2.24, 2.45) is 0 Å². The van der Waals surface area contributed by atoms with Crippen LogP contribution in [0.3, 0.4) is 0 Å². The lowest BCUT2D eigenvalue weighted by atomic mass is 9.93. The molecule has 2 aromatic heterocycles. The molecule has 1 saturated heterocycles. The zero-order chi connectivity index (χ0) is 31.8. The zero-order valence-electron chi connectivity index (χ0n) is 26.6. The van der Waals surface area contributed by atoms with Gasteiger partial charge in [-0.05, 0) is 43.4 Å². The summed E-state index contributed by atoms with van der Waals surface area (Å²) in [7, 11) is -4.36. The highest BCUT2D eigenvalue weighted by molar-refractivity contribution is 7.99. The van der Waals surface area contributed by atoms with E-state index in [2.05, 4.69) is 17.0 Å². The Morgan fingerprint density at radius 2 is 1.55 bits per heavy atom. The predicted octanol–water partition coefficient (Wildman–Crippen LogP) is 6.39. The fraction of sp³-hybridized carbons (Fsp3) is 0.806. The van der Waals surface area contributed by atoms with Gasteiger partial charge in [0.25, 0.3) is 0 Å². The van der Waals surface area contributed by atoms with Gasteiger partial charge in [0.05, 0.1) is 18.9 Å². The van der Waals surface area contributed by atoms with Crippen molar-refractivity contribution in [1.29, 1.82) is 0 Å². The molecule has 1 aliphatic heterocycles.